The predicted molar refractivity (Wildman–Crippen MR) is 114 cm³/mol. The van der Waals surface area contributed by atoms with Gasteiger partial charge in [-0.05, 0) is 18.6 Å². The van der Waals surface area contributed by atoms with Crippen LogP contribution in [0.25, 0.3) is 22.2 Å². The number of nitrogens with one attached hydrogen (secondary N) is 2. The standard InChI is InChI=1S/C23H20N4O4/c1-13-19(21(31-27-13)16-12-25-17-10-6-5-9-15(16)17)23(30)26-18(20(28)22(24)29)11-14-7-3-2-4-8-14/h2-10,12,18,25H,11H2,1H3,(H2,24,29)(H,26,30). The first-order chi connectivity index (χ1) is 15.0. The first-order valence-corrected chi connectivity index (χ1v) is 9.67. The number of nitrogens with two attached hydrogens (primary N) is 1. The van der Waals surface area contributed by atoms with Gasteiger partial charge in [0.15, 0.2) is 5.76 Å². The number of aromatic amines is 1. The maximum atomic E-state index is 13.2. The second-order valence-electron chi connectivity index (χ2n) is 7.16. The van der Waals surface area contributed by atoms with Crippen LogP contribution in [0.1, 0.15) is 21.6 Å². The lowest BCUT2D eigenvalue weighted by atomic mass is 10.0. The number of carbonyl (C=O) groups is 3. The van der Waals surface area contributed by atoms with Crippen molar-refractivity contribution in [2.24, 2.45) is 5.73 Å². The van der Waals surface area contributed by atoms with E-state index in [1.165, 1.54) is 0 Å². The Bertz CT molecular complexity index is 1270. The summed E-state index contributed by atoms with van der Waals surface area (Å²) in [4.78, 5) is 40.3. The number of ketones is 1. The Labute approximate surface area is 177 Å². The molecule has 156 valence electrons. The topological polar surface area (TPSA) is 131 Å². The van der Waals surface area contributed by atoms with Crippen LogP contribution in [-0.2, 0) is 16.0 Å². The zero-order valence-corrected chi connectivity index (χ0v) is 16.7. The van der Waals surface area contributed by atoms with Crippen LogP contribution in [-0.4, -0.2) is 33.8 Å². The first kappa shape index (κ1) is 20.1. The van der Waals surface area contributed by atoms with Gasteiger partial charge in [0, 0.05) is 29.1 Å². The van der Waals surface area contributed by atoms with Crippen LogP contribution in [0.5, 0.6) is 0 Å². The van der Waals surface area contributed by atoms with Crippen molar-refractivity contribution in [2.75, 3.05) is 0 Å². The molecule has 0 radical (unpaired) electrons. The molecule has 0 spiro atoms. The Morgan fingerprint density at radius 2 is 1.81 bits per heavy atom. The SMILES string of the molecule is Cc1noc(-c2c[nH]c3ccccc23)c1C(=O)NC(Cc1ccccc1)C(=O)C(N)=O. The fourth-order valence-corrected chi connectivity index (χ4v) is 3.54. The fourth-order valence-electron chi connectivity index (χ4n) is 3.54. The summed E-state index contributed by atoms with van der Waals surface area (Å²) in [5.41, 5.74) is 8.09. The van der Waals surface area contributed by atoms with Gasteiger partial charge in [-0.1, -0.05) is 53.7 Å². The summed E-state index contributed by atoms with van der Waals surface area (Å²) in [7, 11) is 0. The summed E-state index contributed by atoms with van der Waals surface area (Å²) in [6.45, 7) is 1.64. The summed E-state index contributed by atoms with van der Waals surface area (Å²) in [5.74, 6) is -2.29. The Morgan fingerprint density at radius 3 is 2.55 bits per heavy atom. The summed E-state index contributed by atoms with van der Waals surface area (Å²) in [6, 6.07) is 15.5. The van der Waals surface area contributed by atoms with Gasteiger partial charge in [0.25, 0.3) is 11.8 Å². The van der Waals surface area contributed by atoms with E-state index in [2.05, 4.69) is 15.5 Å². The number of amides is 2. The number of para-hydroxylation sites is 1. The molecule has 0 bridgehead atoms. The van der Waals surface area contributed by atoms with Crippen molar-refractivity contribution in [1.82, 2.24) is 15.5 Å². The minimum absolute atomic E-state index is 0.126. The van der Waals surface area contributed by atoms with Crippen molar-refractivity contribution in [3.63, 3.8) is 0 Å². The lowest BCUT2D eigenvalue weighted by molar-refractivity contribution is -0.137. The zero-order chi connectivity index (χ0) is 22.0. The fraction of sp³-hybridized carbons (Fsp3) is 0.130. The smallest absolute Gasteiger partial charge is 0.287 e. The van der Waals surface area contributed by atoms with Crippen molar-refractivity contribution < 1.29 is 18.9 Å². The molecule has 2 aromatic heterocycles. The van der Waals surface area contributed by atoms with Gasteiger partial charge in [0.1, 0.15) is 11.6 Å². The van der Waals surface area contributed by atoms with E-state index >= 15 is 0 Å². The number of rotatable bonds is 7. The number of carbonyl (C=O) groups excluding carboxylic acids is 3. The quantitative estimate of drug-likeness (QED) is 0.399. The van der Waals surface area contributed by atoms with Crippen LogP contribution in [0.3, 0.4) is 0 Å². The highest BCUT2D eigenvalue weighted by atomic mass is 16.5. The monoisotopic (exact) mass is 416 g/mol. The third-order valence-electron chi connectivity index (χ3n) is 5.07. The molecular weight excluding hydrogens is 396 g/mol. The van der Waals surface area contributed by atoms with Crippen LogP contribution >= 0.6 is 0 Å². The van der Waals surface area contributed by atoms with Crippen molar-refractivity contribution in [2.45, 2.75) is 19.4 Å². The molecule has 0 saturated heterocycles. The molecular formula is C23H20N4O4. The van der Waals surface area contributed by atoms with Crippen LogP contribution in [0.4, 0.5) is 0 Å². The normalized spacial score (nSPS) is 11.9. The molecule has 0 aliphatic rings. The van der Waals surface area contributed by atoms with Crippen molar-refractivity contribution in [3.05, 3.63) is 77.6 Å². The molecule has 4 rings (SSSR count). The van der Waals surface area contributed by atoms with Crippen LogP contribution in [0.15, 0.2) is 65.3 Å². The van der Waals surface area contributed by atoms with Gasteiger partial charge >= 0.3 is 0 Å². The third-order valence-corrected chi connectivity index (χ3v) is 5.07. The molecule has 1 unspecified atom stereocenters. The van der Waals surface area contributed by atoms with Crippen LogP contribution < -0.4 is 11.1 Å². The lowest BCUT2D eigenvalue weighted by Gasteiger charge is -2.16. The second-order valence-corrected chi connectivity index (χ2v) is 7.16. The number of hydrogen-bond acceptors (Lipinski definition) is 5. The summed E-state index contributed by atoms with van der Waals surface area (Å²) in [5, 5.41) is 7.45. The van der Waals surface area contributed by atoms with Gasteiger partial charge in [0.2, 0.25) is 5.78 Å². The van der Waals surface area contributed by atoms with E-state index in [9.17, 15) is 14.4 Å². The molecule has 0 fully saturated rings. The van der Waals surface area contributed by atoms with Crippen molar-refractivity contribution >= 4 is 28.5 Å². The zero-order valence-electron chi connectivity index (χ0n) is 16.7. The molecule has 2 heterocycles. The molecule has 2 aromatic carbocycles. The van der Waals surface area contributed by atoms with Gasteiger partial charge < -0.3 is 20.6 Å². The van der Waals surface area contributed by atoms with Gasteiger partial charge in [-0.25, -0.2) is 0 Å². The molecule has 1 atom stereocenters. The number of hydrogen-bond donors (Lipinski definition) is 3. The van der Waals surface area contributed by atoms with Crippen molar-refractivity contribution in [1.29, 1.82) is 0 Å². The Morgan fingerprint density at radius 1 is 1.10 bits per heavy atom. The lowest BCUT2D eigenvalue weighted by Crippen LogP contribution is -2.47. The largest absolute Gasteiger partial charge is 0.363 e. The average molecular weight is 416 g/mol. The molecule has 4 N–H and O–H groups in total. The maximum absolute atomic E-state index is 13.2. The molecule has 0 aliphatic carbocycles. The number of nitrogens with zero attached hydrogens (tertiary/aromatic N) is 1. The summed E-state index contributed by atoms with van der Waals surface area (Å²) in [6.07, 6.45) is 1.86. The van der Waals surface area contributed by atoms with E-state index in [1.807, 2.05) is 42.5 Å². The summed E-state index contributed by atoms with van der Waals surface area (Å²) < 4.78 is 5.47. The Balaban J connectivity index is 1.68. The first-order valence-electron chi connectivity index (χ1n) is 9.67. The highest BCUT2D eigenvalue weighted by molar-refractivity contribution is 6.38. The predicted octanol–water partition coefficient (Wildman–Crippen LogP) is 2.53. The minimum Gasteiger partial charge on any atom is -0.363 e. The Kier molecular flexibility index (Phi) is 5.36. The van der Waals surface area contributed by atoms with E-state index in [-0.39, 0.29) is 17.7 Å². The molecule has 0 saturated carbocycles. The molecule has 0 aliphatic heterocycles. The highest BCUT2D eigenvalue weighted by Crippen LogP contribution is 2.32. The molecule has 4 aromatic rings. The van der Waals surface area contributed by atoms with Gasteiger partial charge in [-0.15, -0.1) is 0 Å². The molecule has 2 amide bonds. The summed E-state index contributed by atoms with van der Waals surface area (Å²) >= 11 is 0. The Hall–Kier alpha value is -4.20. The average Bonchev–Trinajstić information content (AvgIpc) is 3.36. The number of primary amides is 1. The van der Waals surface area contributed by atoms with Gasteiger partial charge in [-0.3, -0.25) is 14.4 Å². The number of Topliss-reactive ketones (excluding diaryl/α,β-unsaturated/α-hetero) is 1. The van der Waals surface area contributed by atoms with E-state index in [1.54, 1.807) is 25.3 Å². The maximum Gasteiger partial charge on any atom is 0.287 e. The van der Waals surface area contributed by atoms with E-state index in [0.717, 1.165) is 16.5 Å². The number of H-pyrrole nitrogens is 1. The number of aryl methyl sites for hydroxylation is 1. The van der Waals surface area contributed by atoms with Crippen LogP contribution in [0.2, 0.25) is 0 Å². The second kappa shape index (κ2) is 8.27. The van der Waals surface area contributed by atoms with E-state index < -0.39 is 23.6 Å². The van der Waals surface area contributed by atoms with E-state index in [0.29, 0.717) is 11.3 Å². The number of benzene rings is 2. The minimum atomic E-state index is -1.11. The van der Waals surface area contributed by atoms with Gasteiger partial charge in [-0.2, -0.15) is 0 Å². The number of fused-ring (bicyclic) bond motifs is 1. The van der Waals surface area contributed by atoms with E-state index in [4.69, 9.17) is 10.3 Å². The number of aromatic nitrogens is 2. The third kappa shape index (κ3) is 3.95. The molecule has 8 nitrogen and oxygen atoms in total. The van der Waals surface area contributed by atoms with Crippen molar-refractivity contribution in [3.8, 4) is 11.3 Å². The molecule has 8 heteroatoms. The van der Waals surface area contributed by atoms with Crippen LogP contribution in [0, 0.1) is 6.92 Å². The van der Waals surface area contributed by atoms with Gasteiger partial charge in [0.05, 0.1) is 5.69 Å². The highest BCUT2D eigenvalue weighted by Gasteiger charge is 2.30. The molecule has 31 heavy (non-hydrogen) atoms.